The first-order chi connectivity index (χ1) is 8.91. The van der Waals surface area contributed by atoms with Gasteiger partial charge in [0.15, 0.2) is 0 Å². The summed E-state index contributed by atoms with van der Waals surface area (Å²) in [6, 6.07) is 3.46. The summed E-state index contributed by atoms with van der Waals surface area (Å²) < 4.78 is 13.3. The lowest BCUT2D eigenvalue weighted by Crippen LogP contribution is -2.37. The van der Waals surface area contributed by atoms with E-state index in [1.54, 1.807) is 6.92 Å². The zero-order valence-corrected chi connectivity index (χ0v) is 10.5. The predicted molar refractivity (Wildman–Crippen MR) is 67.1 cm³/mol. The number of anilines is 1. The largest absolute Gasteiger partial charge is 0.481 e. The van der Waals surface area contributed by atoms with E-state index in [2.05, 4.69) is 0 Å². The van der Waals surface area contributed by atoms with Crippen molar-refractivity contribution in [3.63, 3.8) is 0 Å². The van der Waals surface area contributed by atoms with E-state index < -0.39 is 23.7 Å². The van der Waals surface area contributed by atoms with Gasteiger partial charge in [0.2, 0.25) is 0 Å². The molecule has 0 radical (unpaired) electrons. The Labute approximate surface area is 109 Å². The van der Waals surface area contributed by atoms with E-state index in [1.165, 1.54) is 17.0 Å². The third-order valence-corrected chi connectivity index (χ3v) is 3.58. The quantitative estimate of drug-likeness (QED) is 0.791. The molecule has 1 aromatic carbocycles. The van der Waals surface area contributed by atoms with Gasteiger partial charge in [-0.15, -0.1) is 0 Å². The molecule has 5 nitrogen and oxygen atoms in total. The Morgan fingerprint density at radius 1 is 1.47 bits per heavy atom. The van der Waals surface area contributed by atoms with Crippen LogP contribution in [-0.2, 0) is 4.79 Å². The van der Waals surface area contributed by atoms with Gasteiger partial charge in [0.1, 0.15) is 5.82 Å². The average Bonchev–Trinajstić information content (AvgIpc) is 2.74. The molecule has 102 valence electrons. The van der Waals surface area contributed by atoms with Crippen LogP contribution in [0.2, 0.25) is 0 Å². The lowest BCUT2D eigenvalue weighted by Gasteiger charge is -2.23. The highest BCUT2D eigenvalue weighted by molar-refractivity contribution is 5.95. The Kier molecular flexibility index (Phi) is 3.42. The summed E-state index contributed by atoms with van der Waals surface area (Å²) in [5, 5.41) is 9.02. The molecule has 0 saturated carbocycles. The number of carboxylic acid groups (broad SMARTS) is 1. The Morgan fingerprint density at radius 3 is 2.68 bits per heavy atom. The smallest absolute Gasteiger partial charge is 0.308 e. The fourth-order valence-corrected chi connectivity index (χ4v) is 2.38. The van der Waals surface area contributed by atoms with Crippen LogP contribution in [0, 0.1) is 11.7 Å². The summed E-state index contributed by atoms with van der Waals surface area (Å²) in [4.78, 5) is 24.7. The van der Waals surface area contributed by atoms with E-state index in [0.717, 1.165) is 6.07 Å². The van der Waals surface area contributed by atoms with E-state index in [4.69, 9.17) is 10.8 Å². The number of hydrogen-bond acceptors (Lipinski definition) is 3. The number of halogens is 1. The van der Waals surface area contributed by atoms with Crippen LogP contribution in [0.15, 0.2) is 18.2 Å². The number of hydrogen-bond donors (Lipinski definition) is 2. The fourth-order valence-electron chi connectivity index (χ4n) is 2.38. The highest BCUT2D eigenvalue weighted by Crippen LogP contribution is 2.26. The summed E-state index contributed by atoms with van der Waals surface area (Å²) in [5.41, 5.74) is 5.52. The van der Waals surface area contributed by atoms with Gasteiger partial charge in [-0.25, -0.2) is 4.39 Å². The van der Waals surface area contributed by atoms with Crippen LogP contribution in [0.5, 0.6) is 0 Å². The van der Waals surface area contributed by atoms with Crippen molar-refractivity contribution in [1.29, 1.82) is 0 Å². The van der Waals surface area contributed by atoms with Gasteiger partial charge in [-0.3, -0.25) is 9.59 Å². The number of nitrogens with zero attached hydrogens (tertiary/aromatic N) is 1. The first-order valence-electron chi connectivity index (χ1n) is 6.00. The van der Waals surface area contributed by atoms with E-state index in [1.807, 2.05) is 0 Å². The molecule has 1 aliphatic rings. The Hall–Kier alpha value is -2.11. The molecule has 6 heteroatoms. The summed E-state index contributed by atoms with van der Waals surface area (Å²) in [7, 11) is 0. The lowest BCUT2D eigenvalue weighted by atomic mass is 10.0. The van der Waals surface area contributed by atoms with Gasteiger partial charge in [0.05, 0.1) is 11.6 Å². The molecule has 0 aliphatic carbocycles. The van der Waals surface area contributed by atoms with Crippen molar-refractivity contribution in [2.45, 2.75) is 19.4 Å². The van der Waals surface area contributed by atoms with Crippen LogP contribution in [0.3, 0.4) is 0 Å². The summed E-state index contributed by atoms with van der Waals surface area (Å²) in [6.45, 7) is 2.06. The third kappa shape index (κ3) is 2.38. The second kappa shape index (κ2) is 4.87. The van der Waals surface area contributed by atoms with Gasteiger partial charge in [-0.05, 0) is 31.5 Å². The second-order valence-electron chi connectivity index (χ2n) is 4.71. The molecule has 2 atom stereocenters. The number of benzene rings is 1. The van der Waals surface area contributed by atoms with Gasteiger partial charge in [0, 0.05) is 18.2 Å². The standard InChI is InChI=1S/C13H15FN2O3/c1-7-9(13(18)19)4-5-16(7)12(17)8-2-3-11(15)10(14)6-8/h2-3,6-7,9H,4-5,15H2,1H3,(H,18,19). The molecule has 0 aromatic heterocycles. The number of amides is 1. The monoisotopic (exact) mass is 266 g/mol. The van der Waals surface area contributed by atoms with Gasteiger partial charge in [0.25, 0.3) is 5.91 Å². The SMILES string of the molecule is CC1C(C(=O)O)CCN1C(=O)c1ccc(N)c(F)c1. The Bertz CT molecular complexity index is 533. The molecule has 19 heavy (non-hydrogen) atoms. The Balaban J connectivity index is 2.21. The van der Waals surface area contributed by atoms with E-state index in [9.17, 15) is 14.0 Å². The number of carbonyl (C=O) groups is 2. The van der Waals surface area contributed by atoms with Gasteiger partial charge >= 0.3 is 5.97 Å². The molecule has 2 rings (SSSR count). The minimum Gasteiger partial charge on any atom is -0.481 e. The molecule has 1 fully saturated rings. The molecule has 1 saturated heterocycles. The van der Waals surface area contributed by atoms with E-state index in [-0.39, 0.29) is 17.2 Å². The predicted octanol–water partition coefficient (Wildman–Crippen LogP) is 1.34. The minimum atomic E-state index is -0.911. The van der Waals surface area contributed by atoms with Crippen molar-refractivity contribution >= 4 is 17.6 Å². The minimum absolute atomic E-state index is 0.0190. The van der Waals surface area contributed by atoms with Crippen molar-refractivity contribution < 1.29 is 19.1 Å². The normalized spacial score (nSPS) is 22.5. The fraction of sp³-hybridized carbons (Fsp3) is 0.385. The zero-order valence-electron chi connectivity index (χ0n) is 10.5. The zero-order chi connectivity index (χ0) is 14.2. The van der Waals surface area contributed by atoms with Gasteiger partial charge in [-0.2, -0.15) is 0 Å². The Morgan fingerprint density at radius 2 is 2.16 bits per heavy atom. The van der Waals surface area contributed by atoms with Crippen LogP contribution in [0.25, 0.3) is 0 Å². The third-order valence-electron chi connectivity index (χ3n) is 3.58. The molecule has 1 aliphatic heterocycles. The van der Waals surface area contributed by atoms with Crippen LogP contribution in [0.4, 0.5) is 10.1 Å². The maximum Gasteiger partial charge on any atom is 0.308 e. The first-order valence-corrected chi connectivity index (χ1v) is 6.00. The topological polar surface area (TPSA) is 83.6 Å². The number of rotatable bonds is 2. The molecule has 1 heterocycles. The number of likely N-dealkylation sites (tertiary alicyclic amines) is 1. The van der Waals surface area contributed by atoms with E-state index in [0.29, 0.717) is 13.0 Å². The second-order valence-corrected chi connectivity index (χ2v) is 4.71. The molecule has 1 amide bonds. The van der Waals surface area contributed by atoms with Crippen molar-refractivity contribution in [3.05, 3.63) is 29.6 Å². The highest BCUT2D eigenvalue weighted by atomic mass is 19.1. The summed E-state index contributed by atoms with van der Waals surface area (Å²) in [6.07, 6.45) is 0.416. The molecule has 1 aromatic rings. The van der Waals surface area contributed by atoms with Crippen molar-refractivity contribution in [2.75, 3.05) is 12.3 Å². The van der Waals surface area contributed by atoms with Crippen LogP contribution >= 0.6 is 0 Å². The summed E-state index contributed by atoms with van der Waals surface area (Å²) in [5.74, 6) is -2.49. The first kappa shape index (κ1) is 13.3. The van der Waals surface area contributed by atoms with E-state index >= 15 is 0 Å². The number of nitrogens with two attached hydrogens (primary N) is 1. The molecule has 3 N–H and O–H groups in total. The van der Waals surface area contributed by atoms with Crippen molar-refractivity contribution in [3.8, 4) is 0 Å². The number of carboxylic acids is 1. The molecule has 0 bridgehead atoms. The van der Waals surface area contributed by atoms with Crippen LogP contribution in [0.1, 0.15) is 23.7 Å². The maximum atomic E-state index is 13.3. The van der Waals surface area contributed by atoms with Gasteiger partial charge in [-0.1, -0.05) is 0 Å². The maximum absolute atomic E-state index is 13.3. The van der Waals surface area contributed by atoms with Crippen LogP contribution < -0.4 is 5.73 Å². The molecule has 0 spiro atoms. The number of aliphatic carboxylic acids is 1. The van der Waals surface area contributed by atoms with Gasteiger partial charge < -0.3 is 15.7 Å². The highest BCUT2D eigenvalue weighted by Gasteiger charge is 2.38. The molecular formula is C13H15FN2O3. The number of carbonyl (C=O) groups excluding carboxylic acids is 1. The molecule has 2 unspecified atom stereocenters. The molecular weight excluding hydrogens is 251 g/mol. The number of nitrogen functional groups attached to an aromatic ring is 1. The van der Waals surface area contributed by atoms with Crippen molar-refractivity contribution in [1.82, 2.24) is 4.90 Å². The summed E-state index contributed by atoms with van der Waals surface area (Å²) >= 11 is 0. The lowest BCUT2D eigenvalue weighted by molar-refractivity contribution is -0.142. The van der Waals surface area contributed by atoms with Crippen LogP contribution in [-0.4, -0.2) is 34.5 Å². The van der Waals surface area contributed by atoms with Crippen molar-refractivity contribution in [2.24, 2.45) is 5.92 Å². The average molecular weight is 266 g/mol.